The van der Waals surface area contributed by atoms with E-state index in [1.807, 2.05) is 31.2 Å². The fourth-order valence-corrected chi connectivity index (χ4v) is 6.36. The lowest BCUT2D eigenvalue weighted by Gasteiger charge is -2.32. The minimum atomic E-state index is -3.52. The van der Waals surface area contributed by atoms with Gasteiger partial charge in [-0.1, -0.05) is 25.1 Å². The number of hydrogen-bond donors (Lipinski definition) is 1. The van der Waals surface area contributed by atoms with Gasteiger partial charge >= 0.3 is 5.69 Å². The normalized spacial score (nSPS) is 15.6. The average molecular weight is 463 g/mol. The van der Waals surface area contributed by atoms with E-state index in [1.165, 1.54) is 11.3 Å². The summed E-state index contributed by atoms with van der Waals surface area (Å²) in [7, 11) is -3.52. The summed E-state index contributed by atoms with van der Waals surface area (Å²) in [5.74, 6) is -0.124. The number of nitrogens with zero attached hydrogens (tertiary/aromatic N) is 3. The number of benzene rings is 1. The van der Waals surface area contributed by atoms with Crippen molar-refractivity contribution in [3.05, 3.63) is 52.3 Å². The van der Waals surface area contributed by atoms with E-state index in [2.05, 4.69) is 4.72 Å². The number of piperidine rings is 1. The lowest BCUT2D eigenvalue weighted by molar-refractivity contribution is -0.132. The Hall–Kier alpha value is -2.43. The van der Waals surface area contributed by atoms with Gasteiger partial charge in [-0.2, -0.15) is 0 Å². The molecule has 1 amide bonds. The molecule has 1 aliphatic heterocycles. The van der Waals surface area contributed by atoms with Gasteiger partial charge in [-0.25, -0.2) is 17.9 Å². The number of nitrogens with one attached hydrogen (secondary N) is 1. The van der Waals surface area contributed by atoms with Crippen LogP contribution in [-0.2, 0) is 27.9 Å². The number of sulfonamides is 1. The van der Waals surface area contributed by atoms with E-state index >= 15 is 0 Å². The Balaban J connectivity index is 1.42. The van der Waals surface area contributed by atoms with E-state index in [9.17, 15) is 18.0 Å². The van der Waals surface area contributed by atoms with E-state index in [1.54, 1.807) is 31.5 Å². The largest absolute Gasteiger partial charge is 0.341 e. The highest BCUT2D eigenvalue weighted by molar-refractivity contribution is 7.91. The monoisotopic (exact) mass is 462 g/mol. The molecular weight excluding hydrogens is 436 g/mol. The van der Waals surface area contributed by atoms with Crippen LogP contribution in [-0.4, -0.2) is 47.5 Å². The maximum absolute atomic E-state index is 12.9. The topological polar surface area (TPSA) is 93.4 Å². The number of aromatic nitrogens is 2. The molecule has 3 heterocycles. The second-order valence-corrected chi connectivity index (χ2v) is 10.6. The van der Waals surface area contributed by atoms with Gasteiger partial charge in [0.1, 0.15) is 10.8 Å². The van der Waals surface area contributed by atoms with Crippen molar-refractivity contribution in [2.45, 2.75) is 49.5 Å². The summed E-state index contributed by atoms with van der Waals surface area (Å²) in [5.41, 5.74) is 1.42. The zero-order chi connectivity index (χ0) is 22.0. The first-order chi connectivity index (χ1) is 14.9. The summed E-state index contributed by atoms with van der Waals surface area (Å²) in [6, 6.07) is 10.6. The zero-order valence-corrected chi connectivity index (χ0v) is 19.0. The molecule has 2 aromatic heterocycles. The smallest absolute Gasteiger partial charge is 0.329 e. The Morgan fingerprint density at radius 3 is 2.39 bits per heavy atom. The number of para-hydroxylation sites is 2. The van der Waals surface area contributed by atoms with Gasteiger partial charge < -0.3 is 4.90 Å². The molecule has 8 nitrogen and oxygen atoms in total. The Bertz CT molecular complexity index is 1220. The van der Waals surface area contributed by atoms with Crippen LogP contribution in [0, 0.1) is 0 Å². The standard InChI is InChI=1S/C21H26N4O4S2/c1-2-11-24-17-6-3-4-7-18(17)25(21(24)27)15-19(26)23-12-9-16(10-13-23)22-31(28,29)20-8-5-14-30-20/h3-8,14,16,22H,2,9-13,15H2,1H3. The summed E-state index contributed by atoms with van der Waals surface area (Å²) < 4.78 is 31.1. The zero-order valence-electron chi connectivity index (χ0n) is 17.4. The maximum Gasteiger partial charge on any atom is 0.329 e. The van der Waals surface area contributed by atoms with E-state index in [-0.39, 0.29) is 24.2 Å². The first-order valence-electron chi connectivity index (χ1n) is 10.4. The molecule has 0 aliphatic carbocycles. The number of carbonyl (C=O) groups excluding carboxylic acids is 1. The van der Waals surface area contributed by atoms with Crippen LogP contribution in [0.1, 0.15) is 26.2 Å². The number of imidazole rings is 1. The van der Waals surface area contributed by atoms with Crippen molar-refractivity contribution in [1.82, 2.24) is 18.8 Å². The third-order valence-electron chi connectivity index (χ3n) is 5.60. The SMILES string of the molecule is CCCn1c(=O)n(CC(=O)N2CCC(NS(=O)(=O)c3cccs3)CC2)c2ccccc21. The second-order valence-electron chi connectivity index (χ2n) is 7.72. The lowest BCUT2D eigenvalue weighted by atomic mass is 10.1. The summed E-state index contributed by atoms with van der Waals surface area (Å²) in [4.78, 5) is 27.5. The van der Waals surface area contributed by atoms with Gasteiger partial charge in [-0.05, 0) is 42.8 Å². The van der Waals surface area contributed by atoms with Crippen LogP contribution >= 0.6 is 11.3 Å². The lowest BCUT2D eigenvalue weighted by Crippen LogP contribution is -2.47. The molecule has 10 heteroatoms. The highest BCUT2D eigenvalue weighted by Gasteiger charge is 2.28. The highest BCUT2D eigenvalue weighted by atomic mass is 32.2. The van der Waals surface area contributed by atoms with Crippen LogP contribution in [0.25, 0.3) is 11.0 Å². The average Bonchev–Trinajstić information content (AvgIpc) is 3.39. The third kappa shape index (κ3) is 4.46. The predicted molar refractivity (Wildman–Crippen MR) is 121 cm³/mol. The van der Waals surface area contributed by atoms with Crippen LogP contribution in [0.2, 0.25) is 0 Å². The van der Waals surface area contributed by atoms with Crippen molar-refractivity contribution in [2.75, 3.05) is 13.1 Å². The molecule has 31 heavy (non-hydrogen) atoms. The molecular formula is C21H26N4O4S2. The Morgan fingerprint density at radius 1 is 1.10 bits per heavy atom. The van der Waals surface area contributed by atoms with Gasteiger partial charge in [0.2, 0.25) is 15.9 Å². The van der Waals surface area contributed by atoms with Gasteiger partial charge in [-0.3, -0.25) is 13.9 Å². The van der Waals surface area contributed by atoms with E-state index < -0.39 is 10.0 Å². The molecule has 4 rings (SSSR count). The minimum absolute atomic E-state index is 0.0123. The molecule has 0 unspecified atom stereocenters. The summed E-state index contributed by atoms with van der Waals surface area (Å²) >= 11 is 1.18. The van der Waals surface area contributed by atoms with Gasteiger partial charge in [0.25, 0.3) is 0 Å². The first-order valence-corrected chi connectivity index (χ1v) is 12.8. The number of fused-ring (bicyclic) bond motifs is 1. The quantitative estimate of drug-likeness (QED) is 0.583. The Morgan fingerprint density at radius 2 is 1.77 bits per heavy atom. The number of likely N-dealkylation sites (tertiary alicyclic amines) is 1. The predicted octanol–water partition coefficient (Wildman–Crippen LogP) is 2.24. The van der Waals surface area contributed by atoms with E-state index in [0.717, 1.165) is 17.5 Å². The summed E-state index contributed by atoms with van der Waals surface area (Å²) in [6.45, 7) is 3.52. The molecule has 0 spiro atoms. The molecule has 0 bridgehead atoms. The number of thiophene rings is 1. The van der Waals surface area contributed by atoms with E-state index in [4.69, 9.17) is 0 Å². The van der Waals surface area contributed by atoms with Gasteiger partial charge in [0.05, 0.1) is 11.0 Å². The number of hydrogen-bond acceptors (Lipinski definition) is 5. The van der Waals surface area contributed by atoms with Crippen molar-refractivity contribution in [1.29, 1.82) is 0 Å². The minimum Gasteiger partial charge on any atom is -0.341 e. The summed E-state index contributed by atoms with van der Waals surface area (Å²) in [6.07, 6.45) is 1.92. The first kappa shape index (κ1) is 21.8. The van der Waals surface area contributed by atoms with Crippen molar-refractivity contribution in [3.63, 3.8) is 0 Å². The fraction of sp³-hybridized carbons (Fsp3) is 0.429. The Kier molecular flexibility index (Phi) is 6.31. The molecule has 1 saturated heterocycles. The maximum atomic E-state index is 12.9. The van der Waals surface area contributed by atoms with Crippen LogP contribution in [0.3, 0.4) is 0 Å². The van der Waals surface area contributed by atoms with Gasteiger partial charge in [-0.15, -0.1) is 11.3 Å². The third-order valence-corrected chi connectivity index (χ3v) is 8.51. The van der Waals surface area contributed by atoms with Crippen molar-refractivity contribution in [2.24, 2.45) is 0 Å². The highest BCUT2D eigenvalue weighted by Crippen LogP contribution is 2.19. The molecule has 3 aromatic rings. The molecule has 1 N–H and O–H groups in total. The fourth-order valence-electron chi connectivity index (χ4n) is 4.04. The van der Waals surface area contributed by atoms with Gasteiger partial charge in [0.15, 0.2) is 0 Å². The van der Waals surface area contributed by atoms with Crippen molar-refractivity contribution < 1.29 is 13.2 Å². The van der Waals surface area contributed by atoms with Crippen LogP contribution in [0.15, 0.2) is 50.8 Å². The summed E-state index contributed by atoms with van der Waals surface area (Å²) in [5, 5.41) is 1.73. The second kappa shape index (κ2) is 8.97. The number of carbonyl (C=O) groups is 1. The number of amides is 1. The van der Waals surface area contributed by atoms with Gasteiger partial charge in [0, 0.05) is 25.7 Å². The molecule has 0 radical (unpaired) electrons. The molecule has 0 saturated carbocycles. The van der Waals surface area contributed by atoms with Crippen LogP contribution < -0.4 is 10.4 Å². The van der Waals surface area contributed by atoms with E-state index in [0.29, 0.717) is 36.7 Å². The van der Waals surface area contributed by atoms with Crippen molar-refractivity contribution >= 4 is 38.3 Å². The molecule has 1 aromatic carbocycles. The van der Waals surface area contributed by atoms with Crippen LogP contribution in [0.4, 0.5) is 0 Å². The van der Waals surface area contributed by atoms with Crippen LogP contribution in [0.5, 0.6) is 0 Å². The molecule has 166 valence electrons. The molecule has 0 atom stereocenters. The van der Waals surface area contributed by atoms with Crippen molar-refractivity contribution in [3.8, 4) is 0 Å². The number of aryl methyl sites for hydroxylation is 1. The Labute approximate surface area is 185 Å². The molecule has 1 fully saturated rings. The number of rotatable bonds is 7. The molecule has 1 aliphatic rings.